The first-order chi connectivity index (χ1) is 14.5. The van der Waals surface area contributed by atoms with E-state index in [1.807, 2.05) is 0 Å². The number of hydrogen-bond acceptors (Lipinski definition) is 6. The van der Waals surface area contributed by atoms with Crippen LogP contribution >= 0.6 is 11.6 Å². The van der Waals surface area contributed by atoms with Crippen LogP contribution in [-0.4, -0.2) is 20.7 Å². The molecule has 3 aromatic rings. The minimum absolute atomic E-state index is 0.0638. The Balaban J connectivity index is 1.92. The Bertz CT molecular complexity index is 1180. The lowest BCUT2D eigenvalue weighted by molar-refractivity contribution is -0.385. The SMILES string of the molecule is Cc1cc(OC(=O)c2cc(Oc3ccc(C(F)(F)F)cc3Cl)ccc2[N+](=O)[O-])n(C)n1. The van der Waals surface area contributed by atoms with Crippen LogP contribution in [0.2, 0.25) is 5.02 Å². The molecule has 0 unspecified atom stereocenters. The van der Waals surface area contributed by atoms with Gasteiger partial charge in [0.1, 0.15) is 17.1 Å². The maximum Gasteiger partial charge on any atom is 0.416 e. The molecule has 1 aromatic heterocycles. The first kappa shape index (κ1) is 22.1. The lowest BCUT2D eigenvalue weighted by atomic mass is 10.1. The molecule has 0 atom stereocenters. The Labute approximate surface area is 177 Å². The number of alkyl halides is 3. The molecule has 0 spiro atoms. The molecule has 0 aliphatic rings. The predicted octanol–water partition coefficient (Wildman–Crippen LogP) is 5.32. The van der Waals surface area contributed by atoms with Crippen molar-refractivity contribution < 1.29 is 32.4 Å². The number of aromatic nitrogens is 2. The van der Waals surface area contributed by atoms with Gasteiger partial charge in [-0.05, 0) is 31.2 Å². The van der Waals surface area contributed by atoms with Gasteiger partial charge in [-0.1, -0.05) is 11.6 Å². The summed E-state index contributed by atoms with van der Waals surface area (Å²) in [5, 5.41) is 15.0. The van der Waals surface area contributed by atoms with Crippen LogP contribution in [0, 0.1) is 17.0 Å². The molecule has 31 heavy (non-hydrogen) atoms. The molecule has 0 fully saturated rings. The van der Waals surface area contributed by atoms with E-state index in [0.29, 0.717) is 11.8 Å². The number of carbonyl (C=O) groups excluding carboxylic acids is 1. The average molecular weight is 456 g/mol. The molecule has 0 saturated carbocycles. The van der Waals surface area contributed by atoms with Gasteiger partial charge in [-0.3, -0.25) is 10.1 Å². The molecule has 0 saturated heterocycles. The van der Waals surface area contributed by atoms with E-state index >= 15 is 0 Å². The number of esters is 1. The molecule has 8 nitrogen and oxygen atoms in total. The van der Waals surface area contributed by atoms with Crippen LogP contribution in [0.15, 0.2) is 42.5 Å². The summed E-state index contributed by atoms with van der Waals surface area (Å²) in [5.74, 6) is -1.18. The zero-order chi connectivity index (χ0) is 22.9. The molecule has 0 N–H and O–H groups in total. The van der Waals surface area contributed by atoms with Gasteiger partial charge in [0, 0.05) is 25.2 Å². The molecule has 1 heterocycles. The zero-order valence-electron chi connectivity index (χ0n) is 15.9. The summed E-state index contributed by atoms with van der Waals surface area (Å²) in [6.45, 7) is 1.67. The largest absolute Gasteiger partial charge is 0.456 e. The van der Waals surface area contributed by atoms with Crippen molar-refractivity contribution in [3.8, 4) is 17.4 Å². The van der Waals surface area contributed by atoms with Crippen molar-refractivity contribution >= 4 is 23.3 Å². The summed E-state index contributed by atoms with van der Waals surface area (Å²) < 4.78 is 50.2. The molecule has 0 aliphatic heterocycles. The second-order valence-corrected chi connectivity index (χ2v) is 6.73. The van der Waals surface area contributed by atoms with Gasteiger partial charge in [0.2, 0.25) is 5.88 Å². The number of halogens is 4. The third-order valence-corrected chi connectivity index (χ3v) is 4.32. The van der Waals surface area contributed by atoms with Gasteiger partial charge in [0.15, 0.2) is 0 Å². The van der Waals surface area contributed by atoms with Crippen molar-refractivity contribution in [1.82, 2.24) is 9.78 Å². The van der Waals surface area contributed by atoms with E-state index in [1.54, 1.807) is 6.92 Å². The number of carbonyl (C=O) groups is 1. The molecular formula is C19H13ClF3N3O5. The summed E-state index contributed by atoms with van der Waals surface area (Å²) >= 11 is 5.86. The topological polar surface area (TPSA) is 96.5 Å². The monoisotopic (exact) mass is 455 g/mol. The van der Waals surface area contributed by atoms with Crippen LogP contribution in [0.3, 0.4) is 0 Å². The van der Waals surface area contributed by atoms with Gasteiger partial charge in [-0.2, -0.15) is 18.3 Å². The lowest BCUT2D eigenvalue weighted by Crippen LogP contribution is -2.13. The van der Waals surface area contributed by atoms with Crippen molar-refractivity contribution in [2.24, 2.45) is 7.05 Å². The number of nitrogens with zero attached hydrogens (tertiary/aromatic N) is 3. The van der Waals surface area contributed by atoms with Crippen LogP contribution in [0.1, 0.15) is 21.6 Å². The Morgan fingerprint density at radius 3 is 2.45 bits per heavy atom. The highest BCUT2D eigenvalue weighted by Gasteiger charge is 2.31. The molecule has 0 amide bonds. The van der Waals surface area contributed by atoms with E-state index in [1.165, 1.54) is 23.9 Å². The van der Waals surface area contributed by atoms with Crippen molar-refractivity contribution in [1.29, 1.82) is 0 Å². The Morgan fingerprint density at radius 1 is 1.19 bits per heavy atom. The highest BCUT2D eigenvalue weighted by Crippen LogP contribution is 2.37. The van der Waals surface area contributed by atoms with Gasteiger partial charge in [-0.25, -0.2) is 9.48 Å². The number of rotatable bonds is 5. The van der Waals surface area contributed by atoms with E-state index in [9.17, 15) is 28.1 Å². The Kier molecular flexibility index (Phi) is 5.89. The number of hydrogen-bond donors (Lipinski definition) is 0. The highest BCUT2D eigenvalue weighted by molar-refractivity contribution is 6.32. The number of nitro groups is 1. The van der Waals surface area contributed by atoms with Crippen LogP contribution < -0.4 is 9.47 Å². The van der Waals surface area contributed by atoms with E-state index in [-0.39, 0.29) is 22.4 Å². The zero-order valence-corrected chi connectivity index (χ0v) is 16.7. The van der Waals surface area contributed by atoms with Crippen molar-refractivity contribution in [2.45, 2.75) is 13.1 Å². The molecule has 0 radical (unpaired) electrons. The quantitative estimate of drug-likeness (QED) is 0.293. The van der Waals surface area contributed by atoms with Crippen LogP contribution in [-0.2, 0) is 13.2 Å². The number of benzene rings is 2. The van der Waals surface area contributed by atoms with E-state index in [2.05, 4.69) is 5.10 Å². The van der Waals surface area contributed by atoms with E-state index < -0.39 is 33.9 Å². The van der Waals surface area contributed by atoms with Gasteiger partial charge in [-0.15, -0.1) is 0 Å². The van der Waals surface area contributed by atoms with Gasteiger partial charge >= 0.3 is 12.1 Å². The Hall–Kier alpha value is -3.60. The second kappa shape index (κ2) is 8.26. The maximum atomic E-state index is 12.8. The van der Waals surface area contributed by atoms with Crippen molar-refractivity contribution in [2.75, 3.05) is 0 Å². The third-order valence-electron chi connectivity index (χ3n) is 4.03. The third kappa shape index (κ3) is 4.94. The summed E-state index contributed by atoms with van der Waals surface area (Å²) in [7, 11) is 1.52. The van der Waals surface area contributed by atoms with Gasteiger partial charge < -0.3 is 9.47 Å². The van der Waals surface area contributed by atoms with Gasteiger partial charge in [0.05, 0.1) is 21.2 Å². The maximum absolute atomic E-state index is 12.8. The van der Waals surface area contributed by atoms with E-state index in [0.717, 1.165) is 24.3 Å². The molecular weight excluding hydrogens is 443 g/mol. The average Bonchev–Trinajstić information content (AvgIpc) is 2.99. The first-order valence-corrected chi connectivity index (χ1v) is 8.89. The number of aryl methyl sites for hydroxylation is 2. The second-order valence-electron chi connectivity index (χ2n) is 6.32. The van der Waals surface area contributed by atoms with Crippen LogP contribution in [0.25, 0.3) is 0 Å². The molecule has 0 bridgehead atoms. The molecule has 0 aliphatic carbocycles. The van der Waals surface area contributed by atoms with Crippen molar-refractivity contribution in [3.63, 3.8) is 0 Å². The van der Waals surface area contributed by atoms with Gasteiger partial charge in [0.25, 0.3) is 5.69 Å². The summed E-state index contributed by atoms with van der Waals surface area (Å²) in [5.41, 5.74) is -1.38. The fourth-order valence-corrected chi connectivity index (χ4v) is 2.84. The van der Waals surface area contributed by atoms with Crippen LogP contribution in [0.5, 0.6) is 17.4 Å². The van der Waals surface area contributed by atoms with E-state index in [4.69, 9.17) is 21.1 Å². The summed E-state index contributed by atoms with van der Waals surface area (Å²) in [6.07, 6.45) is -4.59. The highest BCUT2D eigenvalue weighted by atomic mass is 35.5. The van der Waals surface area contributed by atoms with Crippen molar-refractivity contribution in [3.05, 3.63) is 74.4 Å². The molecule has 3 rings (SSSR count). The lowest BCUT2D eigenvalue weighted by Gasteiger charge is -2.12. The molecule has 162 valence electrons. The molecule has 12 heteroatoms. The fourth-order valence-electron chi connectivity index (χ4n) is 2.62. The van der Waals surface area contributed by atoms with Crippen LogP contribution in [0.4, 0.5) is 18.9 Å². The summed E-state index contributed by atoms with van der Waals surface area (Å²) in [4.78, 5) is 23.1. The first-order valence-electron chi connectivity index (χ1n) is 8.51. The minimum atomic E-state index is -4.59. The minimum Gasteiger partial charge on any atom is -0.456 e. The summed E-state index contributed by atoms with van der Waals surface area (Å²) in [6, 6.07) is 7.15. The molecule has 2 aromatic carbocycles. The normalized spacial score (nSPS) is 11.3. The smallest absolute Gasteiger partial charge is 0.416 e. The predicted molar refractivity (Wildman–Crippen MR) is 103 cm³/mol. The standard InChI is InChI=1S/C19H13ClF3N3O5/c1-10-7-17(25(2)24-10)31-18(27)13-9-12(4-5-15(13)26(28)29)30-16-6-3-11(8-14(16)20)19(21,22)23/h3-9H,1-2H3. The Morgan fingerprint density at radius 2 is 1.90 bits per heavy atom. The fraction of sp³-hybridized carbons (Fsp3) is 0.158. The number of ether oxygens (including phenoxy) is 2. The number of nitro benzene ring substituents is 1.